The Balaban J connectivity index is 0.00000121. The normalized spacial score (nSPS) is 11.9. The van der Waals surface area contributed by atoms with Crippen molar-refractivity contribution in [1.82, 2.24) is 0 Å². The first-order valence-corrected chi connectivity index (χ1v) is 3.45. The lowest BCUT2D eigenvalue weighted by molar-refractivity contribution is 0.584. The molecule has 0 bridgehead atoms. The lowest BCUT2D eigenvalue weighted by Gasteiger charge is -2.08. The van der Waals surface area contributed by atoms with Crippen LogP contribution in [0.15, 0.2) is 24.3 Å². The maximum absolute atomic E-state index is 12.9. The predicted molar refractivity (Wildman–Crippen MR) is 49.6 cm³/mol. The fourth-order valence-corrected chi connectivity index (χ4v) is 0.903. The van der Waals surface area contributed by atoms with Crippen LogP contribution in [0.25, 0.3) is 0 Å². The van der Waals surface area contributed by atoms with E-state index in [-0.39, 0.29) is 24.8 Å². The lowest BCUT2D eigenvalue weighted by atomic mass is 10.1. The molecule has 0 aromatic heterocycles. The first-order valence-electron chi connectivity index (χ1n) is 3.45. The van der Waals surface area contributed by atoms with Gasteiger partial charge in [0, 0.05) is 18.2 Å². The van der Waals surface area contributed by atoms with Crippen molar-refractivity contribution in [3.63, 3.8) is 0 Å². The fraction of sp³-hybridized carbons (Fsp3) is 0.250. The molecule has 0 aliphatic heterocycles. The summed E-state index contributed by atoms with van der Waals surface area (Å²) < 4.78 is 12.9. The highest BCUT2D eigenvalue weighted by Gasteiger charge is 2.07. The maximum Gasteiger partial charge on any atom is 0.128 e. The Morgan fingerprint density at radius 3 is 2.42 bits per heavy atom. The third kappa shape index (κ3) is 2.44. The number of hydrogen-bond acceptors (Lipinski definition) is 2. The van der Waals surface area contributed by atoms with Crippen LogP contribution in [0, 0.1) is 5.82 Å². The summed E-state index contributed by atoms with van der Waals surface area (Å²) in [4.78, 5) is 0. The molecular weight excluding hydrogens is 179 g/mol. The molecule has 0 aliphatic carbocycles. The second kappa shape index (κ2) is 5.09. The molecule has 68 valence electrons. The number of nitrogens with two attached hydrogens (primary N) is 2. The number of rotatable bonds is 2. The highest BCUT2D eigenvalue weighted by molar-refractivity contribution is 5.85. The van der Waals surface area contributed by atoms with Crippen LogP contribution in [0.3, 0.4) is 0 Å². The summed E-state index contributed by atoms with van der Waals surface area (Å²) in [6.45, 7) is 0.265. The van der Waals surface area contributed by atoms with Gasteiger partial charge in [0.25, 0.3) is 0 Å². The Morgan fingerprint density at radius 2 is 1.92 bits per heavy atom. The molecule has 0 radical (unpaired) electrons. The van der Waals surface area contributed by atoms with Crippen molar-refractivity contribution in [3.8, 4) is 0 Å². The average molecular weight is 191 g/mol. The van der Waals surface area contributed by atoms with Gasteiger partial charge in [0.1, 0.15) is 5.82 Å². The van der Waals surface area contributed by atoms with Gasteiger partial charge in [0.15, 0.2) is 0 Å². The molecule has 0 saturated carbocycles. The molecule has 4 N–H and O–H groups in total. The van der Waals surface area contributed by atoms with E-state index in [1.807, 2.05) is 0 Å². The number of halogens is 2. The smallest absolute Gasteiger partial charge is 0.128 e. The van der Waals surface area contributed by atoms with Crippen LogP contribution in [-0.2, 0) is 0 Å². The topological polar surface area (TPSA) is 52.0 Å². The molecule has 12 heavy (non-hydrogen) atoms. The summed E-state index contributed by atoms with van der Waals surface area (Å²) in [5, 5.41) is 0. The molecule has 1 atom stereocenters. The molecule has 1 rings (SSSR count). The number of hydrogen-bond donors (Lipinski definition) is 2. The summed E-state index contributed by atoms with van der Waals surface area (Å²) in [6.07, 6.45) is 0. The monoisotopic (exact) mass is 190 g/mol. The van der Waals surface area contributed by atoms with Gasteiger partial charge in [0.05, 0.1) is 0 Å². The van der Waals surface area contributed by atoms with Crippen LogP contribution in [0.1, 0.15) is 11.6 Å². The van der Waals surface area contributed by atoms with Crippen LogP contribution < -0.4 is 11.5 Å². The fourth-order valence-electron chi connectivity index (χ4n) is 0.903. The van der Waals surface area contributed by atoms with E-state index < -0.39 is 6.04 Å². The van der Waals surface area contributed by atoms with E-state index in [1.165, 1.54) is 6.07 Å². The minimum absolute atomic E-state index is 0. The van der Waals surface area contributed by atoms with Gasteiger partial charge in [-0.1, -0.05) is 18.2 Å². The molecule has 4 heteroatoms. The molecule has 0 aliphatic rings. The van der Waals surface area contributed by atoms with Crippen molar-refractivity contribution < 1.29 is 4.39 Å². The van der Waals surface area contributed by atoms with Crippen molar-refractivity contribution in [1.29, 1.82) is 0 Å². The summed E-state index contributed by atoms with van der Waals surface area (Å²) in [7, 11) is 0. The third-order valence-electron chi connectivity index (χ3n) is 1.56. The zero-order valence-electron chi connectivity index (χ0n) is 6.53. The van der Waals surface area contributed by atoms with Crippen molar-refractivity contribution >= 4 is 12.4 Å². The maximum atomic E-state index is 12.9. The quantitative estimate of drug-likeness (QED) is 0.737. The second-order valence-corrected chi connectivity index (χ2v) is 2.36. The highest BCUT2D eigenvalue weighted by Crippen LogP contribution is 2.12. The van der Waals surface area contributed by atoms with Gasteiger partial charge in [-0.25, -0.2) is 4.39 Å². The minimum atomic E-state index is -0.392. The van der Waals surface area contributed by atoms with Crippen molar-refractivity contribution in [2.24, 2.45) is 11.5 Å². The van der Waals surface area contributed by atoms with Crippen molar-refractivity contribution in [2.45, 2.75) is 6.04 Å². The summed E-state index contributed by atoms with van der Waals surface area (Å²) >= 11 is 0. The van der Waals surface area contributed by atoms with Gasteiger partial charge in [-0.2, -0.15) is 0 Å². The average Bonchev–Trinajstić information content (AvgIpc) is 2.04. The van der Waals surface area contributed by atoms with E-state index in [0.717, 1.165) is 0 Å². The molecule has 0 fully saturated rings. The molecule has 2 nitrogen and oxygen atoms in total. The van der Waals surface area contributed by atoms with Gasteiger partial charge < -0.3 is 11.5 Å². The van der Waals surface area contributed by atoms with Crippen molar-refractivity contribution in [3.05, 3.63) is 35.6 Å². The summed E-state index contributed by atoms with van der Waals surface area (Å²) in [5.41, 5.74) is 11.3. The molecule has 0 heterocycles. The van der Waals surface area contributed by atoms with E-state index in [2.05, 4.69) is 0 Å². The Labute approximate surface area is 77.2 Å². The van der Waals surface area contributed by atoms with Crippen LogP contribution >= 0.6 is 12.4 Å². The molecule has 0 spiro atoms. The summed E-state index contributed by atoms with van der Waals surface area (Å²) in [5.74, 6) is -0.287. The summed E-state index contributed by atoms with van der Waals surface area (Å²) in [6, 6.07) is 6.00. The van der Waals surface area contributed by atoms with E-state index in [0.29, 0.717) is 5.56 Å². The van der Waals surface area contributed by atoms with Gasteiger partial charge in [0.2, 0.25) is 0 Å². The minimum Gasteiger partial charge on any atom is -0.329 e. The first kappa shape index (κ1) is 11.4. The Bertz CT molecular complexity index is 242. The highest BCUT2D eigenvalue weighted by atomic mass is 35.5. The van der Waals surface area contributed by atoms with Gasteiger partial charge >= 0.3 is 0 Å². The van der Waals surface area contributed by atoms with E-state index in [1.54, 1.807) is 18.2 Å². The van der Waals surface area contributed by atoms with E-state index in [9.17, 15) is 4.39 Å². The van der Waals surface area contributed by atoms with Crippen LogP contribution in [0.5, 0.6) is 0 Å². The Kier molecular flexibility index (Phi) is 4.81. The molecule has 0 unspecified atom stereocenters. The predicted octanol–water partition coefficient (Wildman–Crippen LogP) is 1.21. The van der Waals surface area contributed by atoms with E-state index >= 15 is 0 Å². The Hall–Kier alpha value is -0.640. The molecule has 0 saturated heterocycles. The van der Waals surface area contributed by atoms with E-state index in [4.69, 9.17) is 11.5 Å². The van der Waals surface area contributed by atoms with Crippen LogP contribution in [0.4, 0.5) is 4.39 Å². The standard InChI is InChI=1S/C8H11FN2.ClH/c9-7-4-2-1-3-6(7)8(11)5-10;/h1-4,8H,5,10-11H2;1H/t8-;/m1./s1. The van der Waals surface area contributed by atoms with Gasteiger partial charge in [-0.05, 0) is 6.07 Å². The SMILES string of the molecule is Cl.NC[C@@H](N)c1ccccc1F. The lowest BCUT2D eigenvalue weighted by Crippen LogP contribution is -2.21. The Morgan fingerprint density at radius 1 is 1.33 bits per heavy atom. The molecular formula is C8H12ClFN2. The van der Waals surface area contributed by atoms with Crippen molar-refractivity contribution in [2.75, 3.05) is 6.54 Å². The van der Waals surface area contributed by atoms with Crippen LogP contribution in [-0.4, -0.2) is 6.54 Å². The molecule has 1 aromatic rings. The zero-order chi connectivity index (χ0) is 8.27. The molecule has 1 aromatic carbocycles. The number of benzene rings is 1. The van der Waals surface area contributed by atoms with Gasteiger partial charge in [-0.3, -0.25) is 0 Å². The second-order valence-electron chi connectivity index (χ2n) is 2.36. The largest absolute Gasteiger partial charge is 0.329 e. The third-order valence-corrected chi connectivity index (χ3v) is 1.56. The molecule has 0 amide bonds. The zero-order valence-corrected chi connectivity index (χ0v) is 7.35. The van der Waals surface area contributed by atoms with Crippen LogP contribution in [0.2, 0.25) is 0 Å². The van der Waals surface area contributed by atoms with Gasteiger partial charge in [-0.15, -0.1) is 12.4 Å². The first-order chi connectivity index (χ1) is 5.25.